The van der Waals surface area contributed by atoms with Crippen molar-refractivity contribution in [3.63, 3.8) is 0 Å². The number of ether oxygens (including phenoxy) is 3. The highest BCUT2D eigenvalue weighted by atomic mass is 16.5. The van der Waals surface area contributed by atoms with Crippen LogP contribution in [0.25, 0.3) is 0 Å². The zero-order chi connectivity index (χ0) is 15.1. The lowest BCUT2D eigenvalue weighted by Crippen LogP contribution is -2.13. The minimum atomic E-state index is 0.619. The average Bonchev–Trinajstić information content (AvgIpc) is 2.55. The van der Waals surface area contributed by atoms with Gasteiger partial charge in [0.25, 0.3) is 0 Å². The fourth-order valence-electron chi connectivity index (χ4n) is 2.07. The van der Waals surface area contributed by atoms with Crippen molar-refractivity contribution >= 4 is 0 Å². The monoisotopic (exact) mass is 288 g/mol. The number of hydrogen-bond donors (Lipinski definition) is 1. The van der Waals surface area contributed by atoms with Gasteiger partial charge in [-0.25, -0.2) is 4.98 Å². The summed E-state index contributed by atoms with van der Waals surface area (Å²) in [5, 5.41) is 3.37. The molecule has 21 heavy (non-hydrogen) atoms. The summed E-state index contributed by atoms with van der Waals surface area (Å²) in [5.41, 5.74) is 2.15. The van der Waals surface area contributed by atoms with Crippen molar-refractivity contribution in [2.75, 3.05) is 21.3 Å². The molecule has 2 rings (SSSR count). The highest BCUT2D eigenvalue weighted by Gasteiger charge is 2.08. The fraction of sp³-hybridized carbons (Fsp3) is 0.312. The molecule has 0 fully saturated rings. The van der Waals surface area contributed by atoms with Crippen LogP contribution in [-0.2, 0) is 13.1 Å². The van der Waals surface area contributed by atoms with Crippen molar-refractivity contribution < 1.29 is 14.2 Å². The van der Waals surface area contributed by atoms with Crippen LogP contribution in [0.2, 0.25) is 0 Å². The molecule has 1 N–H and O–H groups in total. The summed E-state index contributed by atoms with van der Waals surface area (Å²) >= 11 is 0. The van der Waals surface area contributed by atoms with E-state index in [1.165, 1.54) is 0 Å². The molecule has 0 saturated heterocycles. The Kier molecular flexibility index (Phi) is 5.40. The van der Waals surface area contributed by atoms with Gasteiger partial charge in [-0.2, -0.15) is 0 Å². The largest absolute Gasteiger partial charge is 0.493 e. The van der Waals surface area contributed by atoms with Gasteiger partial charge in [-0.15, -0.1) is 0 Å². The lowest BCUT2D eigenvalue weighted by molar-refractivity contribution is 0.350. The Morgan fingerprint density at radius 3 is 2.43 bits per heavy atom. The number of nitrogens with one attached hydrogen (secondary N) is 1. The standard InChI is InChI=1S/C16H20N2O3/c1-19-14-6-4-5-13(16(14)21-3)11-17-9-12-7-8-15(20-2)18-10-12/h4-8,10,17H,9,11H2,1-3H3. The second-order valence-electron chi connectivity index (χ2n) is 4.47. The van der Waals surface area contributed by atoms with E-state index in [0.29, 0.717) is 12.4 Å². The molecular formula is C16H20N2O3. The van der Waals surface area contributed by atoms with Crippen LogP contribution in [0.3, 0.4) is 0 Å². The SMILES string of the molecule is COc1ccc(CNCc2cccc(OC)c2OC)cn1. The van der Waals surface area contributed by atoms with Crippen LogP contribution in [0.4, 0.5) is 0 Å². The first kappa shape index (κ1) is 15.1. The van der Waals surface area contributed by atoms with E-state index in [2.05, 4.69) is 10.3 Å². The highest BCUT2D eigenvalue weighted by Crippen LogP contribution is 2.30. The first-order valence-corrected chi connectivity index (χ1v) is 6.68. The molecule has 0 aliphatic heterocycles. The molecule has 2 aromatic rings. The summed E-state index contributed by atoms with van der Waals surface area (Å²) in [6.45, 7) is 1.41. The second-order valence-corrected chi connectivity index (χ2v) is 4.47. The summed E-state index contributed by atoms with van der Waals surface area (Å²) < 4.78 is 15.7. The van der Waals surface area contributed by atoms with E-state index in [0.717, 1.165) is 29.2 Å². The van der Waals surface area contributed by atoms with E-state index in [9.17, 15) is 0 Å². The molecule has 0 radical (unpaired) electrons. The van der Waals surface area contributed by atoms with Gasteiger partial charge >= 0.3 is 0 Å². The van der Waals surface area contributed by atoms with Crippen LogP contribution in [0.15, 0.2) is 36.5 Å². The summed E-state index contributed by atoms with van der Waals surface area (Å²) in [6, 6.07) is 9.69. The molecule has 0 unspecified atom stereocenters. The Labute approximate surface area is 124 Å². The molecule has 1 aromatic heterocycles. The molecule has 0 atom stereocenters. The van der Waals surface area contributed by atoms with E-state index >= 15 is 0 Å². The van der Waals surface area contributed by atoms with Gasteiger partial charge in [-0.3, -0.25) is 0 Å². The Morgan fingerprint density at radius 1 is 0.952 bits per heavy atom. The molecule has 1 heterocycles. The first-order chi connectivity index (χ1) is 10.3. The third-order valence-corrected chi connectivity index (χ3v) is 3.14. The van der Waals surface area contributed by atoms with Gasteiger partial charge in [0.1, 0.15) is 0 Å². The number of aromatic nitrogens is 1. The number of para-hydroxylation sites is 1. The number of rotatable bonds is 7. The molecule has 0 bridgehead atoms. The maximum Gasteiger partial charge on any atom is 0.212 e. The molecule has 1 aromatic carbocycles. The fourth-order valence-corrected chi connectivity index (χ4v) is 2.07. The zero-order valence-electron chi connectivity index (χ0n) is 12.6. The normalized spacial score (nSPS) is 10.2. The average molecular weight is 288 g/mol. The Morgan fingerprint density at radius 2 is 1.81 bits per heavy atom. The maximum absolute atomic E-state index is 5.41. The summed E-state index contributed by atoms with van der Waals surface area (Å²) in [5.74, 6) is 2.12. The molecule has 0 saturated carbocycles. The Balaban J connectivity index is 1.96. The van der Waals surface area contributed by atoms with Crippen molar-refractivity contribution in [1.29, 1.82) is 0 Å². The lowest BCUT2D eigenvalue weighted by atomic mass is 10.1. The summed E-state index contributed by atoms with van der Waals surface area (Å²) in [7, 11) is 4.89. The number of pyridine rings is 1. The van der Waals surface area contributed by atoms with Gasteiger partial charge in [-0.05, 0) is 11.6 Å². The smallest absolute Gasteiger partial charge is 0.212 e. The van der Waals surface area contributed by atoms with Crippen molar-refractivity contribution in [3.05, 3.63) is 47.7 Å². The minimum Gasteiger partial charge on any atom is -0.493 e. The molecule has 0 amide bonds. The van der Waals surface area contributed by atoms with Crippen molar-refractivity contribution in [2.45, 2.75) is 13.1 Å². The molecular weight excluding hydrogens is 268 g/mol. The number of methoxy groups -OCH3 is 3. The van der Waals surface area contributed by atoms with Crippen LogP contribution in [-0.4, -0.2) is 26.3 Å². The molecule has 0 aliphatic rings. The van der Waals surface area contributed by atoms with Crippen LogP contribution < -0.4 is 19.5 Å². The van der Waals surface area contributed by atoms with Crippen LogP contribution in [0.5, 0.6) is 17.4 Å². The number of benzene rings is 1. The Hall–Kier alpha value is -2.27. The molecule has 0 spiro atoms. The minimum absolute atomic E-state index is 0.619. The molecule has 0 aliphatic carbocycles. The molecule has 5 heteroatoms. The van der Waals surface area contributed by atoms with Crippen molar-refractivity contribution in [3.8, 4) is 17.4 Å². The van der Waals surface area contributed by atoms with Gasteiger partial charge in [-0.1, -0.05) is 18.2 Å². The highest BCUT2D eigenvalue weighted by molar-refractivity contribution is 5.46. The van der Waals surface area contributed by atoms with Crippen molar-refractivity contribution in [1.82, 2.24) is 10.3 Å². The van der Waals surface area contributed by atoms with Gasteiger partial charge < -0.3 is 19.5 Å². The van der Waals surface area contributed by atoms with Gasteiger partial charge in [0.2, 0.25) is 5.88 Å². The van der Waals surface area contributed by atoms with Gasteiger partial charge in [0.05, 0.1) is 21.3 Å². The van der Waals surface area contributed by atoms with Crippen molar-refractivity contribution in [2.24, 2.45) is 0 Å². The maximum atomic E-state index is 5.41. The number of hydrogen-bond acceptors (Lipinski definition) is 5. The third-order valence-electron chi connectivity index (χ3n) is 3.14. The van der Waals surface area contributed by atoms with Gasteiger partial charge in [0, 0.05) is 30.9 Å². The summed E-state index contributed by atoms with van der Waals surface area (Å²) in [4.78, 5) is 4.18. The van der Waals surface area contributed by atoms with E-state index in [-0.39, 0.29) is 0 Å². The van der Waals surface area contributed by atoms with E-state index in [1.54, 1.807) is 27.5 Å². The second kappa shape index (κ2) is 7.50. The topological polar surface area (TPSA) is 52.6 Å². The first-order valence-electron chi connectivity index (χ1n) is 6.68. The molecule has 5 nitrogen and oxygen atoms in total. The molecule has 112 valence electrons. The number of nitrogens with zero attached hydrogens (tertiary/aromatic N) is 1. The summed E-state index contributed by atoms with van der Waals surface area (Å²) in [6.07, 6.45) is 1.80. The van der Waals surface area contributed by atoms with Crippen LogP contribution >= 0.6 is 0 Å². The zero-order valence-corrected chi connectivity index (χ0v) is 12.6. The van der Waals surface area contributed by atoms with E-state index in [1.807, 2.05) is 30.3 Å². The predicted octanol–water partition coefficient (Wildman–Crippen LogP) is 2.40. The van der Waals surface area contributed by atoms with Crippen LogP contribution in [0.1, 0.15) is 11.1 Å². The lowest BCUT2D eigenvalue weighted by Gasteiger charge is -2.13. The van der Waals surface area contributed by atoms with E-state index < -0.39 is 0 Å². The van der Waals surface area contributed by atoms with E-state index in [4.69, 9.17) is 14.2 Å². The quantitative estimate of drug-likeness (QED) is 0.848. The van der Waals surface area contributed by atoms with Crippen LogP contribution in [0, 0.1) is 0 Å². The predicted molar refractivity (Wildman–Crippen MR) is 80.9 cm³/mol. The third kappa shape index (κ3) is 3.86. The Bertz CT molecular complexity index is 570. The van der Waals surface area contributed by atoms with Gasteiger partial charge in [0.15, 0.2) is 11.5 Å².